The first-order valence-corrected chi connectivity index (χ1v) is 15.5. The van der Waals surface area contributed by atoms with E-state index in [0.29, 0.717) is 13.2 Å². The van der Waals surface area contributed by atoms with Crippen molar-refractivity contribution >= 4 is 22.7 Å². The van der Waals surface area contributed by atoms with Crippen molar-refractivity contribution in [2.75, 3.05) is 26.4 Å². The van der Waals surface area contributed by atoms with E-state index in [2.05, 4.69) is 34.3 Å². The molecule has 4 aromatic rings. The molecule has 0 radical (unpaired) electrons. The molecule has 0 unspecified atom stereocenters. The smallest absolute Gasteiger partial charge is 0.119 e. The normalized spacial score (nSPS) is 11.2. The molecule has 0 saturated carbocycles. The molecule has 0 atom stereocenters. The van der Waals surface area contributed by atoms with Crippen LogP contribution < -0.4 is 18.9 Å². The minimum atomic E-state index is 0.613. The molecule has 0 heterocycles. The first-order chi connectivity index (χ1) is 21.7. The van der Waals surface area contributed by atoms with Crippen molar-refractivity contribution in [1.29, 1.82) is 0 Å². The highest BCUT2D eigenvalue weighted by molar-refractivity contribution is 5.45. The Labute approximate surface area is 260 Å². The first kappa shape index (κ1) is 32.2. The Morgan fingerprint density at radius 3 is 0.795 bits per heavy atom. The van der Waals surface area contributed by atoms with Crippen molar-refractivity contribution in [3.8, 4) is 23.0 Å². The number of benzene rings is 4. The van der Waals surface area contributed by atoms with E-state index < -0.39 is 0 Å². The van der Waals surface area contributed by atoms with Crippen LogP contribution in [0.1, 0.15) is 52.4 Å². The van der Waals surface area contributed by atoms with Gasteiger partial charge in [0.15, 0.2) is 0 Å². The highest BCUT2D eigenvalue weighted by atomic mass is 16.5. The maximum absolute atomic E-state index is 5.87. The Kier molecular flexibility index (Phi) is 13.7. The lowest BCUT2D eigenvalue weighted by atomic mass is 10.3. The predicted molar refractivity (Wildman–Crippen MR) is 175 cm³/mol. The van der Waals surface area contributed by atoms with Crippen LogP contribution in [0, 0.1) is 0 Å². The van der Waals surface area contributed by atoms with Gasteiger partial charge in [0.2, 0.25) is 0 Å². The second-order valence-electron chi connectivity index (χ2n) is 10.2. The molecule has 0 spiro atoms. The van der Waals surface area contributed by atoms with Crippen LogP contribution in [0.15, 0.2) is 118 Å². The fourth-order valence-corrected chi connectivity index (χ4v) is 3.92. The maximum Gasteiger partial charge on any atom is 0.119 e. The number of nitrogens with zero attached hydrogens (tertiary/aromatic N) is 4. The third-order valence-corrected chi connectivity index (χ3v) is 6.52. The fourth-order valence-electron chi connectivity index (χ4n) is 3.92. The Hall–Kier alpha value is -4.72. The molecule has 44 heavy (non-hydrogen) atoms. The van der Waals surface area contributed by atoms with Crippen molar-refractivity contribution in [2.45, 2.75) is 52.4 Å². The average molecular weight is 595 g/mol. The van der Waals surface area contributed by atoms with Gasteiger partial charge >= 0.3 is 0 Å². The van der Waals surface area contributed by atoms with Crippen LogP contribution >= 0.6 is 0 Å². The Morgan fingerprint density at radius 2 is 0.568 bits per heavy atom. The summed E-state index contributed by atoms with van der Waals surface area (Å²) in [6.45, 7) is 6.98. The zero-order chi connectivity index (χ0) is 30.7. The molecule has 4 rings (SSSR count). The summed E-state index contributed by atoms with van der Waals surface area (Å²) in [5, 5.41) is 17.2. The second-order valence-corrected chi connectivity index (χ2v) is 10.2. The summed E-state index contributed by atoms with van der Waals surface area (Å²) in [7, 11) is 0. The average Bonchev–Trinajstić information content (AvgIpc) is 3.07. The van der Waals surface area contributed by atoms with Gasteiger partial charge in [0, 0.05) is 0 Å². The molecule has 0 aromatic heterocycles. The number of unbranched alkanes of at least 4 members (excludes halogenated alkanes) is 3. The molecule has 8 heteroatoms. The second kappa shape index (κ2) is 18.7. The third kappa shape index (κ3) is 11.9. The first-order valence-electron chi connectivity index (χ1n) is 15.5. The van der Waals surface area contributed by atoms with Gasteiger partial charge in [0.05, 0.1) is 49.2 Å². The van der Waals surface area contributed by atoms with E-state index in [9.17, 15) is 0 Å². The monoisotopic (exact) mass is 594 g/mol. The number of hydrogen-bond acceptors (Lipinski definition) is 8. The van der Waals surface area contributed by atoms with Gasteiger partial charge in [-0.25, -0.2) is 0 Å². The topological polar surface area (TPSA) is 86.4 Å². The minimum Gasteiger partial charge on any atom is -0.494 e. The number of ether oxygens (including phenoxy) is 4. The Bertz CT molecular complexity index is 1290. The standard InChI is InChI=1S/C36H42N4O4/c1-3-5-25-41-33-17-9-29(10-18-33)37-39-31-13-21-35(22-14-31)43-27-7-8-28-44-36-23-15-32(16-24-36)40-38-30-11-19-34(20-12-30)42-26-6-4-2/h9-24H,3-8,25-28H2,1-2H3. The SMILES string of the molecule is CCCCOc1ccc(N=Nc2ccc(OCCCCOc3ccc(N=Nc4ccc(OCCCC)cc4)cc3)cc2)cc1. The molecule has 0 N–H and O–H groups in total. The zero-order valence-electron chi connectivity index (χ0n) is 25.7. The van der Waals surface area contributed by atoms with Crippen LogP contribution in [-0.2, 0) is 0 Å². The van der Waals surface area contributed by atoms with Crippen LogP contribution in [0.5, 0.6) is 23.0 Å². The molecule has 0 aliphatic carbocycles. The Balaban J connectivity index is 1.09. The molecule has 0 fully saturated rings. The molecule has 0 saturated heterocycles. The summed E-state index contributed by atoms with van der Waals surface area (Å²) in [4.78, 5) is 0. The van der Waals surface area contributed by atoms with E-state index in [4.69, 9.17) is 18.9 Å². The van der Waals surface area contributed by atoms with Crippen LogP contribution in [0.2, 0.25) is 0 Å². The lowest BCUT2D eigenvalue weighted by molar-refractivity contribution is 0.266. The summed E-state index contributed by atoms with van der Waals surface area (Å²) >= 11 is 0. The molecule has 0 bridgehead atoms. The summed E-state index contributed by atoms with van der Waals surface area (Å²) in [6, 6.07) is 30.5. The number of hydrogen-bond donors (Lipinski definition) is 0. The third-order valence-electron chi connectivity index (χ3n) is 6.52. The summed E-state index contributed by atoms with van der Waals surface area (Å²) in [6.07, 6.45) is 6.10. The van der Waals surface area contributed by atoms with E-state index in [1.807, 2.05) is 97.1 Å². The fraction of sp³-hybridized carbons (Fsp3) is 0.333. The molecule has 0 aliphatic heterocycles. The van der Waals surface area contributed by atoms with Crippen LogP contribution in [0.3, 0.4) is 0 Å². The van der Waals surface area contributed by atoms with Crippen molar-refractivity contribution in [3.63, 3.8) is 0 Å². The van der Waals surface area contributed by atoms with E-state index >= 15 is 0 Å². The zero-order valence-corrected chi connectivity index (χ0v) is 25.7. The lowest BCUT2D eigenvalue weighted by Crippen LogP contribution is -2.02. The van der Waals surface area contributed by atoms with E-state index in [1.54, 1.807) is 0 Å². The molecule has 0 amide bonds. The summed E-state index contributed by atoms with van der Waals surface area (Å²) in [5.41, 5.74) is 3.09. The molecule has 8 nitrogen and oxygen atoms in total. The van der Waals surface area contributed by atoms with Crippen molar-refractivity contribution in [1.82, 2.24) is 0 Å². The molecular weight excluding hydrogens is 552 g/mol. The number of azo groups is 2. The van der Waals surface area contributed by atoms with Crippen LogP contribution in [0.25, 0.3) is 0 Å². The van der Waals surface area contributed by atoms with Gasteiger partial charge in [-0.15, -0.1) is 0 Å². The highest BCUT2D eigenvalue weighted by Crippen LogP contribution is 2.25. The van der Waals surface area contributed by atoms with E-state index in [1.165, 1.54) is 0 Å². The molecule has 4 aromatic carbocycles. The van der Waals surface area contributed by atoms with Crippen LogP contribution in [0.4, 0.5) is 22.7 Å². The van der Waals surface area contributed by atoms with Gasteiger partial charge in [-0.2, -0.15) is 20.5 Å². The van der Waals surface area contributed by atoms with E-state index in [0.717, 1.165) is 97.5 Å². The quantitative estimate of drug-likeness (QED) is 0.0798. The van der Waals surface area contributed by atoms with Crippen LogP contribution in [-0.4, -0.2) is 26.4 Å². The van der Waals surface area contributed by atoms with Gasteiger partial charge in [-0.3, -0.25) is 0 Å². The molecule has 0 aliphatic rings. The van der Waals surface area contributed by atoms with Gasteiger partial charge in [0.25, 0.3) is 0 Å². The minimum absolute atomic E-state index is 0.613. The summed E-state index contributed by atoms with van der Waals surface area (Å²) in [5.74, 6) is 3.31. The van der Waals surface area contributed by atoms with E-state index in [-0.39, 0.29) is 0 Å². The van der Waals surface area contributed by atoms with Crippen molar-refractivity contribution in [2.24, 2.45) is 20.5 Å². The van der Waals surface area contributed by atoms with Gasteiger partial charge in [0.1, 0.15) is 23.0 Å². The highest BCUT2D eigenvalue weighted by Gasteiger charge is 2.00. The predicted octanol–water partition coefficient (Wildman–Crippen LogP) is 11.1. The van der Waals surface area contributed by atoms with Crippen molar-refractivity contribution in [3.05, 3.63) is 97.1 Å². The Morgan fingerprint density at radius 1 is 0.341 bits per heavy atom. The van der Waals surface area contributed by atoms with Gasteiger partial charge < -0.3 is 18.9 Å². The molecule has 230 valence electrons. The summed E-state index contributed by atoms with van der Waals surface area (Å²) < 4.78 is 23.1. The maximum atomic E-state index is 5.87. The number of rotatable bonds is 19. The van der Waals surface area contributed by atoms with Gasteiger partial charge in [-0.1, -0.05) is 26.7 Å². The largest absolute Gasteiger partial charge is 0.494 e. The van der Waals surface area contributed by atoms with Crippen molar-refractivity contribution < 1.29 is 18.9 Å². The molecular formula is C36H42N4O4. The lowest BCUT2D eigenvalue weighted by Gasteiger charge is -2.08. The van der Waals surface area contributed by atoms with Gasteiger partial charge in [-0.05, 0) is 123 Å².